The number of hydrogen-bond acceptors (Lipinski definition) is 3. The number of halogens is 2. The highest BCUT2D eigenvalue weighted by atomic mass is 19.1. The van der Waals surface area contributed by atoms with Crippen LogP contribution < -0.4 is 5.32 Å². The van der Waals surface area contributed by atoms with Gasteiger partial charge in [0.2, 0.25) is 11.8 Å². The van der Waals surface area contributed by atoms with Crippen molar-refractivity contribution in [3.8, 4) is 0 Å². The molecule has 0 radical (unpaired) electrons. The zero-order valence-corrected chi connectivity index (χ0v) is 12.4. The Labute approximate surface area is 131 Å². The third-order valence-corrected chi connectivity index (χ3v) is 4.09. The van der Waals surface area contributed by atoms with Gasteiger partial charge >= 0.3 is 0 Å². The molecule has 2 aliphatic rings. The first-order valence-electron chi connectivity index (χ1n) is 7.23. The highest BCUT2D eigenvalue weighted by Crippen LogP contribution is 2.19. The Morgan fingerprint density at radius 1 is 1.17 bits per heavy atom. The molecule has 2 saturated heterocycles. The fraction of sp³-hybridized carbons (Fsp3) is 0.400. The number of amides is 3. The van der Waals surface area contributed by atoms with E-state index in [0.717, 1.165) is 12.1 Å². The Hall–Kier alpha value is -2.51. The van der Waals surface area contributed by atoms with Gasteiger partial charge in [0.1, 0.15) is 23.7 Å². The third kappa shape index (κ3) is 2.76. The Bertz CT molecular complexity index is 674. The molecule has 122 valence electrons. The number of benzene rings is 1. The van der Waals surface area contributed by atoms with Crippen LogP contribution in [0.5, 0.6) is 0 Å². The molecule has 2 atom stereocenters. The normalized spacial score (nSPS) is 24.3. The minimum absolute atomic E-state index is 0.00125. The molecule has 0 unspecified atom stereocenters. The average Bonchev–Trinajstić information content (AvgIpc) is 2.50. The van der Waals surface area contributed by atoms with Gasteiger partial charge in [0.25, 0.3) is 5.91 Å². The summed E-state index contributed by atoms with van der Waals surface area (Å²) in [5.74, 6) is -2.78. The lowest BCUT2D eigenvalue weighted by Gasteiger charge is -2.44. The minimum atomic E-state index is -0.841. The Morgan fingerprint density at radius 3 is 2.48 bits per heavy atom. The fourth-order valence-corrected chi connectivity index (χ4v) is 2.94. The molecule has 0 saturated carbocycles. The summed E-state index contributed by atoms with van der Waals surface area (Å²) in [6.45, 7) is 2.02. The van der Waals surface area contributed by atoms with E-state index in [1.807, 2.05) is 0 Å². The van der Waals surface area contributed by atoms with Gasteiger partial charge in [-0.05, 0) is 19.1 Å². The van der Waals surface area contributed by atoms with Crippen LogP contribution in [0, 0.1) is 11.6 Å². The molecule has 3 rings (SSSR count). The maximum absolute atomic E-state index is 13.3. The molecule has 0 aliphatic carbocycles. The Morgan fingerprint density at radius 2 is 1.83 bits per heavy atom. The van der Waals surface area contributed by atoms with Crippen molar-refractivity contribution >= 4 is 17.7 Å². The molecule has 23 heavy (non-hydrogen) atoms. The summed E-state index contributed by atoms with van der Waals surface area (Å²) in [5, 5.41) is 2.56. The second-order valence-electron chi connectivity index (χ2n) is 5.69. The standard InChI is InChI=1S/C15H15F2N3O3/c1-8-14(22)20-3-2-19(7-12(20)13(21)18-8)15(23)9-4-10(16)6-11(17)5-9/h4-6,8,12H,2-3,7H2,1H3,(H,18,21)/t8-,12-/m1/s1. The zero-order valence-electron chi connectivity index (χ0n) is 12.4. The minimum Gasteiger partial charge on any atom is -0.343 e. The van der Waals surface area contributed by atoms with Crippen molar-refractivity contribution in [2.75, 3.05) is 19.6 Å². The molecular formula is C15H15F2N3O3. The van der Waals surface area contributed by atoms with E-state index < -0.39 is 29.6 Å². The van der Waals surface area contributed by atoms with Gasteiger partial charge < -0.3 is 15.1 Å². The predicted octanol–water partition coefficient (Wildman–Crippen LogP) is 0.136. The largest absolute Gasteiger partial charge is 0.343 e. The lowest BCUT2D eigenvalue weighted by Crippen LogP contribution is -2.69. The summed E-state index contributed by atoms with van der Waals surface area (Å²) >= 11 is 0. The molecule has 0 bridgehead atoms. The highest BCUT2D eigenvalue weighted by Gasteiger charge is 2.42. The highest BCUT2D eigenvalue weighted by molar-refractivity contribution is 5.99. The Kier molecular flexibility index (Phi) is 3.75. The summed E-state index contributed by atoms with van der Waals surface area (Å²) in [6, 6.07) is 1.23. The SMILES string of the molecule is C[C@H]1NC(=O)[C@H]2CN(C(=O)c3cc(F)cc(F)c3)CCN2C1=O. The molecule has 1 aromatic rings. The maximum atomic E-state index is 13.3. The van der Waals surface area contributed by atoms with Crippen molar-refractivity contribution in [1.82, 2.24) is 15.1 Å². The molecule has 3 amide bonds. The fourth-order valence-electron chi connectivity index (χ4n) is 2.94. The van der Waals surface area contributed by atoms with Crippen molar-refractivity contribution < 1.29 is 23.2 Å². The van der Waals surface area contributed by atoms with Gasteiger partial charge in [0.05, 0.1) is 6.54 Å². The van der Waals surface area contributed by atoms with Gasteiger partial charge in [-0.1, -0.05) is 0 Å². The van der Waals surface area contributed by atoms with Crippen LogP contribution >= 0.6 is 0 Å². The second-order valence-corrected chi connectivity index (χ2v) is 5.69. The van der Waals surface area contributed by atoms with Gasteiger partial charge in [-0.3, -0.25) is 14.4 Å². The summed E-state index contributed by atoms with van der Waals surface area (Å²) in [6.07, 6.45) is 0. The first-order chi connectivity index (χ1) is 10.9. The topological polar surface area (TPSA) is 69.7 Å². The molecular weight excluding hydrogens is 308 g/mol. The summed E-state index contributed by atoms with van der Waals surface area (Å²) in [5.41, 5.74) is -0.119. The molecule has 2 fully saturated rings. The van der Waals surface area contributed by atoms with E-state index in [1.54, 1.807) is 6.92 Å². The van der Waals surface area contributed by atoms with Crippen molar-refractivity contribution in [3.05, 3.63) is 35.4 Å². The molecule has 6 nitrogen and oxygen atoms in total. The number of nitrogens with zero attached hydrogens (tertiary/aromatic N) is 2. The lowest BCUT2D eigenvalue weighted by atomic mass is 10.0. The van der Waals surface area contributed by atoms with E-state index in [2.05, 4.69) is 5.32 Å². The number of carbonyl (C=O) groups excluding carboxylic acids is 3. The maximum Gasteiger partial charge on any atom is 0.254 e. The second kappa shape index (κ2) is 5.60. The summed E-state index contributed by atoms with van der Waals surface area (Å²) in [7, 11) is 0. The smallest absolute Gasteiger partial charge is 0.254 e. The third-order valence-electron chi connectivity index (χ3n) is 4.09. The van der Waals surface area contributed by atoms with E-state index in [9.17, 15) is 23.2 Å². The van der Waals surface area contributed by atoms with Crippen LogP contribution in [-0.4, -0.2) is 59.2 Å². The van der Waals surface area contributed by atoms with Crippen molar-refractivity contribution in [1.29, 1.82) is 0 Å². The number of nitrogens with one attached hydrogen (secondary N) is 1. The van der Waals surface area contributed by atoms with Crippen LogP contribution in [-0.2, 0) is 9.59 Å². The molecule has 2 heterocycles. The van der Waals surface area contributed by atoms with Gasteiger partial charge in [0, 0.05) is 24.7 Å². The van der Waals surface area contributed by atoms with Crippen LogP contribution in [0.4, 0.5) is 8.78 Å². The first-order valence-corrected chi connectivity index (χ1v) is 7.23. The van der Waals surface area contributed by atoms with Crippen LogP contribution in [0.25, 0.3) is 0 Å². The predicted molar refractivity (Wildman–Crippen MR) is 75.4 cm³/mol. The molecule has 0 aromatic heterocycles. The van der Waals surface area contributed by atoms with E-state index >= 15 is 0 Å². The molecule has 2 aliphatic heterocycles. The van der Waals surface area contributed by atoms with Crippen LogP contribution in [0.3, 0.4) is 0 Å². The van der Waals surface area contributed by atoms with Crippen molar-refractivity contribution in [2.45, 2.75) is 19.0 Å². The zero-order chi connectivity index (χ0) is 16.7. The van der Waals surface area contributed by atoms with Gasteiger partial charge in [0.15, 0.2) is 0 Å². The first kappa shape index (κ1) is 15.4. The van der Waals surface area contributed by atoms with Gasteiger partial charge in [-0.15, -0.1) is 0 Å². The van der Waals surface area contributed by atoms with Crippen molar-refractivity contribution in [3.63, 3.8) is 0 Å². The van der Waals surface area contributed by atoms with E-state index in [1.165, 1.54) is 9.80 Å². The van der Waals surface area contributed by atoms with E-state index in [0.29, 0.717) is 6.07 Å². The monoisotopic (exact) mass is 323 g/mol. The average molecular weight is 323 g/mol. The Balaban J connectivity index is 1.80. The summed E-state index contributed by atoms with van der Waals surface area (Å²) < 4.78 is 26.5. The van der Waals surface area contributed by atoms with E-state index in [4.69, 9.17) is 0 Å². The lowest BCUT2D eigenvalue weighted by molar-refractivity contribution is -0.151. The molecule has 0 spiro atoms. The van der Waals surface area contributed by atoms with Gasteiger partial charge in [-0.25, -0.2) is 8.78 Å². The molecule has 1 aromatic carbocycles. The number of hydrogen-bond donors (Lipinski definition) is 1. The van der Waals surface area contributed by atoms with Crippen LogP contribution in [0.2, 0.25) is 0 Å². The number of fused-ring (bicyclic) bond motifs is 1. The van der Waals surface area contributed by atoms with Gasteiger partial charge in [-0.2, -0.15) is 0 Å². The number of carbonyl (C=O) groups is 3. The van der Waals surface area contributed by atoms with Crippen LogP contribution in [0.1, 0.15) is 17.3 Å². The van der Waals surface area contributed by atoms with Crippen LogP contribution in [0.15, 0.2) is 18.2 Å². The quantitative estimate of drug-likeness (QED) is 0.799. The number of rotatable bonds is 1. The van der Waals surface area contributed by atoms with Crippen molar-refractivity contribution in [2.24, 2.45) is 0 Å². The molecule has 1 N–H and O–H groups in total. The van der Waals surface area contributed by atoms with E-state index in [-0.39, 0.29) is 37.0 Å². The summed E-state index contributed by atoms with van der Waals surface area (Å²) in [4.78, 5) is 39.2. The number of piperazine rings is 2. The molecule has 8 heteroatoms.